The Kier molecular flexibility index (Phi) is 6.77. The first kappa shape index (κ1) is 18.7. The van der Waals surface area contributed by atoms with Gasteiger partial charge in [0.15, 0.2) is 12.4 Å². The molecule has 130 valence electrons. The Bertz CT molecular complexity index is 771. The van der Waals surface area contributed by atoms with Gasteiger partial charge in [0.2, 0.25) is 5.91 Å². The second-order valence-electron chi connectivity index (χ2n) is 5.40. The third-order valence-electron chi connectivity index (χ3n) is 3.33. The van der Waals surface area contributed by atoms with E-state index >= 15 is 0 Å². The number of anilines is 1. The smallest absolute Gasteiger partial charge is 0.316 e. The lowest BCUT2D eigenvalue weighted by Gasteiger charge is -2.07. The lowest BCUT2D eigenvalue weighted by atomic mass is 10.1. The summed E-state index contributed by atoms with van der Waals surface area (Å²) in [6.07, 6.45) is 0. The Morgan fingerprint density at radius 3 is 2.36 bits per heavy atom. The summed E-state index contributed by atoms with van der Waals surface area (Å²) in [4.78, 5) is 35.8. The van der Waals surface area contributed by atoms with E-state index in [0.717, 1.165) is 10.5 Å². The van der Waals surface area contributed by atoms with Crippen LogP contribution in [0.1, 0.15) is 22.8 Å². The highest BCUT2D eigenvalue weighted by atomic mass is 32.2. The summed E-state index contributed by atoms with van der Waals surface area (Å²) >= 11 is 1.38. The number of amides is 1. The van der Waals surface area contributed by atoms with Crippen molar-refractivity contribution < 1.29 is 19.1 Å². The molecule has 1 N–H and O–H groups in total. The normalized spacial score (nSPS) is 10.2. The zero-order valence-corrected chi connectivity index (χ0v) is 14.9. The third kappa shape index (κ3) is 6.08. The van der Waals surface area contributed by atoms with Gasteiger partial charge in [0.25, 0.3) is 0 Å². The van der Waals surface area contributed by atoms with Gasteiger partial charge >= 0.3 is 5.97 Å². The second kappa shape index (κ2) is 9.03. The SMILES string of the molecule is CC(=O)Nc1ccc(C(=O)COC(=O)CSc2ccccc2C)cc1. The highest BCUT2D eigenvalue weighted by molar-refractivity contribution is 8.00. The van der Waals surface area contributed by atoms with E-state index in [1.165, 1.54) is 18.7 Å². The van der Waals surface area contributed by atoms with Gasteiger partial charge in [-0.3, -0.25) is 14.4 Å². The highest BCUT2D eigenvalue weighted by Crippen LogP contribution is 2.21. The van der Waals surface area contributed by atoms with Gasteiger partial charge < -0.3 is 10.1 Å². The number of hydrogen-bond acceptors (Lipinski definition) is 5. The minimum atomic E-state index is -0.434. The molecule has 0 bridgehead atoms. The van der Waals surface area contributed by atoms with E-state index in [9.17, 15) is 14.4 Å². The molecule has 0 saturated heterocycles. The molecule has 2 aromatic rings. The van der Waals surface area contributed by atoms with Crippen LogP contribution in [0, 0.1) is 6.92 Å². The number of rotatable bonds is 7. The summed E-state index contributed by atoms with van der Waals surface area (Å²) in [5.41, 5.74) is 2.12. The molecule has 25 heavy (non-hydrogen) atoms. The van der Waals surface area contributed by atoms with Crippen LogP contribution in [0.25, 0.3) is 0 Å². The molecular weight excluding hydrogens is 338 g/mol. The Morgan fingerprint density at radius 1 is 1.04 bits per heavy atom. The molecule has 2 aromatic carbocycles. The van der Waals surface area contributed by atoms with Crippen LogP contribution in [0.5, 0.6) is 0 Å². The van der Waals surface area contributed by atoms with Crippen molar-refractivity contribution in [1.82, 2.24) is 0 Å². The van der Waals surface area contributed by atoms with Crippen LogP contribution in [0.2, 0.25) is 0 Å². The third-order valence-corrected chi connectivity index (χ3v) is 4.48. The van der Waals surface area contributed by atoms with Gasteiger partial charge in [-0.2, -0.15) is 0 Å². The molecule has 0 radical (unpaired) electrons. The summed E-state index contributed by atoms with van der Waals surface area (Å²) < 4.78 is 5.04. The Morgan fingerprint density at radius 2 is 1.72 bits per heavy atom. The summed E-state index contributed by atoms with van der Waals surface area (Å²) in [6.45, 7) is 3.09. The van der Waals surface area contributed by atoms with Crippen LogP contribution in [0.3, 0.4) is 0 Å². The maximum Gasteiger partial charge on any atom is 0.316 e. The van der Waals surface area contributed by atoms with Gasteiger partial charge in [-0.25, -0.2) is 0 Å². The first-order chi connectivity index (χ1) is 12.0. The Balaban J connectivity index is 1.80. The number of nitrogens with one attached hydrogen (secondary N) is 1. The van der Waals surface area contributed by atoms with Gasteiger partial charge in [-0.05, 0) is 42.8 Å². The van der Waals surface area contributed by atoms with Crippen LogP contribution in [-0.2, 0) is 14.3 Å². The molecule has 0 spiro atoms. The van der Waals surface area contributed by atoms with E-state index in [-0.39, 0.29) is 24.1 Å². The maximum atomic E-state index is 12.0. The van der Waals surface area contributed by atoms with Gasteiger partial charge in [0.1, 0.15) is 0 Å². The number of ether oxygens (including phenoxy) is 1. The minimum Gasteiger partial charge on any atom is -0.457 e. The molecule has 5 nitrogen and oxygen atoms in total. The van der Waals surface area contributed by atoms with Gasteiger partial charge in [0, 0.05) is 23.1 Å². The standard InChI is InChI=1S/C19H19NO4S/c1-13-5-3-4-6-18(13)25-12-19(23)24-11-17(22)15-7-9-16(10-8-15)20-14(2)21/h3-10H,11-12H2,1-2H3,(H,20,21). The topological polar surface area (TPSA) is 72.5 Å². The van der Waals surface area contributed by atoms with E-state index in [1.807, 2.05) is 31.2 Å². The Labute approximate surface area is 150 Å². The number of hydrogen-bond donors (Lipinski definition) is 1. The molecule has 1 amide bonds. The lowest BCUT2D eigenvalue weighted by Crippen LogP contribution is -2.15. The number of aryl methyl sites for hydroxylation is 1. The molecule has 0 aliphatic carbocycles. The van der Waals surface area contributed by atoms with Crippen LogP contribution >= 0.6 is 11.8 Å². The Hall–Kier alpha value is -2.60. The molecular formula is C19H19NO4S. The fourth-order valence-electron chi connectivity index (χ4n) is 2.07. The molecule has 0 aliphatic heterocycles. The molecule has 6 heteroatoms. The van der Waals surface area contributed by atoms with Gasteiger partial charge in [-0.15, -0.1) is 11.8 Å². The molecule has 2 rings (SSSR count). The van der Waals surface area contributed by atoms with Crippen molar-refractivity contribution in [3.63, 3.8) is 0 Å². The van der Waals surface area contributed by atoms with Crippen molar-refractivity contribution in [3.05, 3.63) is 59.7 Å². The number of carbonyl (C=O) groups is 3. The monoisotopic (exact) mass is 357 g/mol. The lowest BCUT2D eigenvalue weighted by molar-refractivity contribution is -0.139. The molecule has 0 saturated carbocycles. The molecule has 0 atom stereocenters. The van der Waals surface area contributed by atoms with Crippen molar-refractivity contribution >= 4 is 35.1 Å². The summed E-state index contributed by atoms with van der Waals surface area (Å²) in [5, 5.41) is 2.62. The van der Waals surface area contributed by atoms with E-state index in [4.69, 9.17) is 4.74 Å². The first-order valence-electron chi connectivity index (χ1n) is 7.70. The average Bonchev–Trinajstić information content (AvgIpc) is 2.59. The number of benzene rings is 2. The van der Waals surface area contributed by atoms with E-state index < -0.39 is 5.97 Å². The van der Waals surface area contributed by atoms with Crippen LogP contribution in [0.4, 0.5) is 5.69 Å². The fourth-order valence-corrected chi connectivity index (χ4v) is 2.90. The highest BCUT2D eigenvalue weighted by Gasteiger charge is 2.11. The average molecular weight is 357 g/mol. The summed E-state index contributed by atoms with van der Waals surface area (Å²) in [6, 6.07) is 14.2. The van der Waals surface area contributed by atoms with E-state index in [1.54, 1.807) is 24.3 Å². The second-order valence-corrected chi connectivity index (χ2v) is 6.41. The van der Waals surface area contributed by atoms with E-state index in [2.05, 4.69) is 5.32 Å². The first-order valence-corrected chi connectivity index (χ1v) is 8.69. The largest absolute Gasteiger partial charge is 0.457 e. The molecule has 0 aromatic heterocycles. The molecule has 0 aliphatic rings. The minimum absolute atomic E-state index is 0.152. The van der Waals surface area contributed by atoms with Gasteiger partial charge in [0.05, 0.1) is 5.75 Å². The van der Waals surface area contributed by atoms with Crippen molar-refractivity contribution in [1.29, 1.82) is 0 Å². The zero-order valence-electron chi connectivity index (χ0n) is 14.1. The number of ketones is 1. The summed E-state index contributed by atoms with van der Waals surface area (Å²) in [7, 11) is 0. The van der Waals surface area contributed by atoms with Crippen LogP contribution in [-0.4, -0.2) is 30.0 Å². The number of esters is 1. The zero-order chi connectivity index (χ0) is 18.2. The van der Waals surface area contributed by atoms with Crippen LogP contribution in [0.15, 0.2) is 53.4 Å². The maximum absolute atomic E-state index is 12.0. The predicted octanol–water partition coefficient (Wildman–Crippen LogP) is 3.47. The van der Waals surface area contributed by atoms with Gasteiger partial charge in [-0.1, -0.05) is 18.2 Å². The van der Waals surface area contributed by atoms with Crippen molar-refractivity contribution in [2.75, 3.05) is 17.7 Å². The van der Waals surface area contributed by atoms with E-state index in [0.29, 0.717) is 11.3 Å². The number of thioether (sulfide) groups is 1. The molecule has 0 heterocycles. The fraction of sp³-hybridized carbons (Fsp3) is 0.211. The predicted molar refractivity (Wildman–Crippen MR) is 97.9 cm³/mol. The van der Waals surface area contributed by atoms with Crippen LogP contribution < -0.4 is 5.32 Å². The quantitative estimate of drug-likeness (QED) is 0.467. The number of carbonyl (C=O) groups excluding carboxylic acids is 3. The number of Topliss-reactive ketones (excluding diaryl/α,β-unsaturated/α-hetero) is 1. The van der Waals surface area contributed by atoms with Crippen molar-refractivity contribution in [2.24, 2.45) is 0 Å². The molecule has 0 unspecified atom stereocenters. The molecule has 0 fully saturated rings. The summed E-state index contributed by atoms with van der Waals surface area (Å²) in [5.74, 6) is -0.751. The van der Waals surface area contributed by atoms with Crippen molar-refractivity contribution in [3.8, 4) is 0 Å². The van der Waals surface area contributed by atoms with Crippen molar-refractivity contribution in [2.45, 2.75) is 18.7 Å².